The van der Waals surface area contributed by atoms with Gasteiger partial charge in [-0.15, -0.1) is 0 Å². The number of hydrogen-bond donors (Lipinski definition) is 1. The average molecular weight is 276 g/mol. The fraction of sp³-hybridized carbons (Fsp3) is 0.167. The summed E-state index contributed by atoms with van der Waals surface area (Å²) in [6.45, 7) is 2.10. The van der Waals surface area contributed by atoms with Gasteiger partial charge in [0, 0.05) is 29.0 Å². The van der Waals surface area contributed by atoms with Crippen LogP contribution >= 0.6 is 0 Å². The summed E-state index contributed by atoms with van der Waals surface area (Å²) in [7, 11) is 0. The molecule has 104 valence electrons. The molecule has 4 rings (SSSR count). The van der Waals surface area contributed by atoms with Crippen LogP contribution in [0.2, 0.25) is 0 Å². The van der Waals surface area contributed by atoms with Gasteiger partial charge in [0.25, 0.3) is 5.91 Å². The van der Waals surface area contributed by atoms with E-state index in [0.29, 0.717) is 0 Å². The van der Waals surface area contributed by atoms with Gasteiger partial charge in [0.05, 0.1) is 0 Å². The average Bonchev–Trinajstić information content (AvgIpc) is 3.08. The number of rotatable bonds is 1. The molecule has 0 radical (unpaired) electrons. The minimum absolute atomic E-state index is 0.0731. The number of carbonyl (C=O) groups is 1. The molecule has 1 aliphatic rings. The molecule has 2 heterocycles. The van der Waals surface area contributed by atoms with E-state index < -0.39 is 0 Å². The van der Waals surface area contributed by atoms with Crippen molar-refractivity contribution < 1.29 is 4.79 Å². The summed E-state index contributed by atoms with van der Waals surface area (Å²) >= 11 is 0. The number of H-pyrrole nitrogens is 1. The van der Waals surface area contributed by atoms with Crippen molar-refractivity contribution in [1.82, 2.24) is 4.98 Å². The number of carbonyl (C=O) groups excluding carboxylic acids is 1. The van der Waals surface area contributed by atoms with Crippen LogP contribution in [0, 0.1) is 0 Å². The summed E-state index contributed by atoms with van der Waals surface area (Å²) in [5.74, 6) is 0.0731. The fourth-order valence-corrected chi connectivity index (χ4v) is 3.19. The van der Waals surface area contributed by atoms with Gasteiger partial charge in [-0.25, -0.2) is 0 Å². The SMILES string of the molecule is CC1Cc2ccccc2N1C(=O)c1ccc2cc[nH]c2c1. The Labute approximate surface area is 123 Å². The largest absolute Gasteiger partial charge is 0.361 e. The second kappa shape index (κ2) is 4.48. The lowest BCUT2D eigenvalue weighted by Crippen LogP contribution is -2.35. The minimum atomic E-state index is 0.0731. The number of nitrogens with zero attached hydrogens (tertiary/aromatic N) is 1. The van der Waals surface area contributed by atoms with Crippen molar-refractivity contribution in [1.29, 1.82) is 0 Å². The maximum absolute atomic E-state index is 12.9. The Balaban J connectivity index is 1.77. The lowest BCUT2D eigenvalue weighted by Gasteiger charge is -2.22. The van der Waals surface area contributed by atoms with Gasteiger partial charge in [0.1, 0.15) is 0 Å². The van der Waals surface area contributed by atoms with E-state index in [1.165, 1.54) is 5.56 Å². The van der Waals surface area contributed by atoms with Gasteiger partial charge in [0.15, 0.2) is 0 Å². The summed E-state index contributed by atoms with van der Waals surface area (Å²) < 4.78 is 0. The molecule has 1 N–H and O–H groups in total. The number of para-hydroxylation sites is 1. The highest BCUT2D eigenvalue weighted by atomic mass is 16.2. The highest BCUT2D eigenvalue weighted by Gasteiger charge is 2.31. The van der Waals surface area contributed by atoms with Crippen LogP contribution in [0.5, 0.6) is 0 Å². The zero-order chi connectivity index (χ0) is 14.4. The van der Waals surface area contributed by atoms with Crippen LogP contribution in [0.3, 0.4) is 0 Å². The van der Waals surface area contributed by atoms with Crippen molar-refractivity contribution in [3.8, 4) is 0 Å². The Morgan fingerprint density at radius 1 is 1.19 bits per heavy atom. The molecule has 1 amide bonds. The van der Waals surface area contributed by atoms with E-state index in [1.807, 2.05) is 53.6 Å². The van der Waals surface area contributed by atoms with E-state index >= 15 is 0 Å². The molecule has 3 aromatic rings. The molecule has 1 atom stereocenters. The molecule has 0 fully saturated rings. The first kappa shape index (κ1) is 12.2. The Morgan fingerprint density at radius 3 is 2.95 bits per heavy atom. The number of fused-ring (bicyclic) bond motifs is 2. The summed E-state index contributed by atoms with van der Waals surface area (Å²) in [4.78, 5) is 18.0. The monoisotopic (exact) mass is 276 g/mol. The highest BCUT2D eigenvalue weighted by molar-refractivity contribution is 6.09. The van der Waals surface area contributed by atoms with Gasteiger partial charge in [-0.2, -0.15) is 0 Å². The van der Waals surface area contributed by atoms with Crippen LogP contribution < -0.4 is 4.90 Å². The Hall–Kier alpha value is -2.55. The third-order valence-corrected chi connectivity index (χ3v) is 4.23. The van der Waals surface area contributed by atoms with Gasteiger partial charge < -0.3 is 9.88 Å². The van der Waals surface area contributed by atoms with Crippen molar-refractivity contribution in [2.75, 3.05) is 4.90 Å². The van der Waals surface area contributed by atoms with Crippen LogP contribution in [0.4, 0.5) is 5.69 Å². The first-order valence-corrected chi connectivity index (χ1v) is 7.22. The quantitative estimate of drug-likeness (QED) is 0.721. The molecule has 3 heteroatoms. The number of aromatic nitrogens is 1. The lowest BCUT2D eigenvalue weighted by atomic mass is 10.1. The van der Waals surface area contributed by atoms with Crippen LogP contribution in [0.15, 0.2) is 54.7 Å². The maximum atomic E-state index is 12.9. The van der Waals surface area contributed by atoms with E-state index in [-0.39, 0.29) is 11.9 Å². The second-order valence-corrected chi connectivity index (χ2v) is 5.64. The van der Waals surface area contributed by atoms with Gasteiger partial charge in [-0.05, 0) is 48.6 Å². The number of amides is 1. The predicted molar refractivity (Wildman–Crippen MR) is 84.7 cm³/mol. The molecule has 0 aliphatic carbocycles. The Morgan fingerprint density at radius 2 is 2.05 bits per heavy atom. The van der Waals surface area contributed by atoms with Crippen LogP contribution in [-0.2, 0) is 6.42 Å². The zero-order valence-electron chi connectivity index (χ0n) is 11.8. The third kappa shape index (κ3) is 1.85. The molecule has 0 spiro atoms. The molecular formula is C18H16N2O. The molecule has 1 aliphatic heterocycles. The molecule has 0 saturated heterocycles. The number of benzene rings is 2. The molecule has 1 aromatic heterocycles. The number of aromatic amines is 1. The summed E-state index contributed by atoms with van der Waals surface area (Å²) in [6, 6.07) is 16.2. The molecule has 3 nitrogen and oxygen atoms in total. The Bertz CT molecular complexity index is 834. The topological polar surface area (TPSA) is 36.1 Å². The summed E-state index contributed by atoms with van der Waals surface area (Å²) in [6.07, 6.45) is 2.82. The van der Waals surface area contributed by atoms with E-state index in [4.69, 9.17) is 0 Å². The summed E-state index contributed by atoms with van der Waals surface area (Å²) in [5.41, 5.74) is 4.02. The third-order valence-electron chi connectivity index (χ3n) is 4.23. The molecule has 0 saturated carbocycles. The first-order chi connectivity index (χ1) is 10.2. The molecule has 2 aromatic carbocycles. The smallest absolute Gasteiger partial charge is 0.258 e. The van der Waals surface area contributed by atoms with Crippen molar-refractivity contribution in [2.45, 2.75) is 19.4 Å². The van der Waals surface area contributed by atoms with Crippen molar-refractivity contribution >= 4 is 22.5 Å². The Kier molecular flexibility index (Phi) is 2.61. The summed E-state index contributed by atoms with van der Waals surface area (Å²) in [5, 5.41) is 1.13. The van der Waals surface area contributed by atoms with Crippen molar-refractivity contribution in [3.63, 3.8) is 0 Å². The van der Waals surface area contributed by atoms with Crippen LogP contribution in [0.1, 0.15) is 22.8 Å². The highest BCUT2D eigenvalue weighted by Crippen LogP contribution is 2.33. The van der Waals surface area contributed by atoms with Crippen molar-refractivity contribution in [3.05, 3.63) is 65.9 Å². The van der Waals surface area contributed by atoms with E-state index in [0.717, 1.165) is 28.6 Å². The molecule has 1 unspecified atom stereocenters. The number of hydrogen-bond acceptors (Lipinski definition) is 1. The predicted octanol–water partition coefficient (Wildman–Crippen LogP) is 3.76. The van der Waals surface area contributed by atoms with Crippen molar-refractivity contribution in [2.24, 2.45) is 0 Å². The van der Waals surface area contributed by atoms with Crippen LogP contribution in [-0.4, -0.2) is 16.9 Å². The van der Waals surface area contributed by atoms with E-state index in [2.05, 4.69) is 18.0 Å². The van der Waals surface area contributed by atoms with E-state index in [9.17, 15) is 4.79 Å². The molecule has 0 bridgehead atoms. The molecular weight excluding hydrogens is 260 g/mol. The lowest BCUT2D eigenvalue weighted by molar-refractivity contribution is 0.0981. The standard InChI is InChI=1S/C18H16N2O/c1-12-10-14-4-2-3-5-17(14)20(12)18(21)15-7-6-13-8-9-19-16(13)11-15/h2-9,11-12,19H,10H2,1H3. The van der Waals surface area contributed by atoms with Crippen LogP contribution in [0.25, 0.3) is 10.9 Å². The zero-order valence-corrected chi connectivity index (χ0v) is 11.8. The normalized spacial score (nSPS) is 17.2. The fourth-order valence-electron chi connectivity index (χ4n) is 3.19. The van der Waals surface area contributed by atoms with Gasteiger partial charge in [0.2, 0.25) is 0 Å². The first-order valence-electron chi connectivity index (χ1n) is 7.22. The second-order valence-electron chi connectivity index (χ2n) is 5.64. The van der Waals surface area contributed by atoms with E-state index in [1.54, 1.807) is 0 Å². The molecule has 21 heavy (non-hydrogen) atoms. The van der Waals surface area contributed by atoms with Gasteiger partial charge in [-0.1, -0.05) is 24.3 Å². The number of nitrogens with one attached hydrogen (secondary N) is 1. The minimum Gasteiger partial charge on any atom is -0.361 e. The van der Waals surface area contributed by atoms with Gasteiger partial charge >= 0.3 is 0 Å². The maximum Gasteiger partial charge on any atom is 0.258 e. The number of anilines is 1. The van der Waals surface area contributed by atoms with Gasteiger partial charge in [-0.3, -0.25) is 4.79 Å².